The van der Waals surface area contributed by atoms with Gasteiger partial charge in [0.1, 0.15) is 4.90 Å². The molecule has 150 valence electrons. The molecule has 0 N–H and O–H groups in total. The molecule has 1 atom stereocenters. The van der Waals surface area contributed by atoms with Crippen molar-refractivity contribution in [3.05, 3.63) is 58.1 Å². The third-order valence-electron chi connectivity index (χ3n) is 4.48. The summed E-state index contributed by atoms with van der Waals surface area (Å²) in [6, 6.07) is 11.1. The molecule has 0 saturated carbocycles. The van der Waals surface area contributed by atoms with Gasteiger partial charge in [0.05, 0.1) is 10.0 Å². The van der Waals surface area contributed by atoms with Crippen molar-refractivity contribution in [1.29, 1.82) is 0 Å². The van der Waals surface area contributed by atoms with E-state index in [4.69, 9.17) is 23.2 Å². The fourth-order valence-electron chi connectivity index (χ4n) is 2.96. The second-order valence-electron chi connectivity index (χ2n) is 6.23. The summed E-state index contributed by atoms with van der Waals surface area (Å²) < 4.78 is 38.5. The smallest absolute Gasteiger partial charge is 0.253 e. The summed E-state index contributed by atoms with van der Waals surface area (Å²) in [6.07, 6.45) is 1.57. The number of benzene rings is 2. The Balaban J connectivity index is 1.72. The maximum absolute atomic E-state index is 12.9. The molecule has 3 rings (SSSR count). The van der Waals surface area contributed by atoms with Crippen LogP contribution in [0.2, 0.25) is 10.0 Å². The molecule has 1 fully saturated rings. The molecule has 0 spiro atoms. The summed E-state index contributed by atoms with van der Waals surface area (Å²) in [5, 5.41) is 0.138. The molecule has 1 amide bonds. The van der Waals surface area contributed by atoms with Crippen LogP contribution in [0, 0.1) is 0 Å². The zero-order valence-electron chi connectivity index (χ0n) is 15.0. The Kier molecular flexibility index (Phi) is 6.46. The highest BCUT2D eigenvalue weighted by Gasteiger charge is 2.33. The minimum atomic E-state index is -3.85. The van der Waals surface area contributed by atoms with Gasteiger partial charge in [0, 0.05) is 53.7 Å². The number of carbonyl (C=O) groups is 1. The highest BCUT2D eigenvalue weighted by molar-refractivity contribution is 7.89. The zero-order chi connectivity index (χ0) is 20.5. The number of sulfonamides is 1. The fraction of sp³-hybridized carbons (Fsp3) is 0.278. The van der Waals surface area contributed by atoms with E-state index in [0.29, 0.717) is 10.5 Å². The predicted octanol–water partition coefficient (Wildman–Crippen LogP) is 2.88. The van der Waals surface area contributed by atoms with Crippen LogP contribution in [0.5, 0.6) is 0 Å². The van der Waals surface area contributed by atoms with Gasteiger partial charge in [0.25, 0.3) is 5.91 Å². The van der Waals surface area contributed by atoms with Crippen LogP contribution >= 0.6 is 23.2 Å². The van der Waals surface area contributed by atoms with Gasteiger partial charge < -0.3 is 4.90 Å². The van der Waals surface area contributed by atoms with Crippen LogP contribution in [0.1, 0.15) is 10.4 Å². The lowest BCUT2D eigenvalue weighted by molar-refractivity contribution is 0.0698. The zero-order valence-corrected chi connectivity index (χ0v) is 18.1. The first-order chi connectivity index (χ1) is 13.2. The van der Waals surface area contributed by atoms with Gasteiger partial charge in [-0.2, -0.15) is 4.31 Å². The number of nitrogens with zero attached hydrogens (tertiary/aromatic N) is 2. The van der Waals surface area contributed by atoms with Gasteiger partial charge in [-0.25, -0.2) is 8.42 Å². The molecule has 6 nitrogen and oxygen atoms in total. The van der Waals surface area contributed by atoms with Crippen LogP contribution in [0.15, 0.2) is 52.3 Å². The van der Waals surface area contributed by atoms with E-state index < -0.39 is 20.8 Å². The quantitative estimate of drug-likeness (QED) is 0.702. The van der Waals surface area contributed by atoms with E-state index in [0.717, 1.165) is 0 Å². The van der Waals surface area contributed by atoms with Crippen LogP contribution in [-0.4, -0.2) is 60.2 Å². The third kappa shape index (κ3) is 4.26. The Bertz CT molecular complexity index is 998. The maximum Gasteiger partial charge on any atom is 0.253 e. The van der Waals surface area contributed by atoms with E-state index in [-0.39, 0.29) is 47.0 Å². The standard InChI is InChI=1S/C18H18Cl2N2O4S2/c1-27(24)14-7-5-13(6-8-14)18(23)21-9-11-22(12-10-21)28(25,26)17-15(19)3-2-4-16(17)20/h2-8H,9-12H2,1H3. The first-order valence-corrected chi connectivity index (χ1v) is 12.1. The van der Waals surface area contributed by atoms with Gasteiger partial charge in [-0.3, -0.25) is 9.00 Å². The summed E-state index contributed by atoms with van der Waals surface area (Å²) in [4.78, 5) is 14.8. The molecule has 1 heterocycles. The molecule has 1 aliphatic heterocycles. The van der Waals surface area contributed by atoms with Crippen LogP contribution < -0.4 is 0 Å². The van der Waals surface area contributed by atoms with E-state index in [1.807, 2.05) is 0 Å². The first kappa shape index (κ1) is 21.3. The lowest BCUT2D eigenvalue weighted by atomic mass is 10.2. The monoisotopic (exact) mass is 460 g/mol. The van der Waals surface area contributed by atoms with Crippen molar-refractivity contribution in [3.8, 4) is 0 Å². The number of hydrogen-bond acceptors (Lipinski definition) is 4. The van der Waals surface area contributed by atoms with Crippen LogP contribution in [0.3, 0.4) is 0 Å². The predicted molar refractivity (Wildman–Crippen MR) is 110 cm³/mol. The molecular formula is C18H18Cl2N2O4S2. The van der Waals surface area contributed by atoms with E-state index in [9.17, 15) is 17.4 Å². The molecule has 1 saturated heterocycles. The molecule has 0 aromatic heterocycles. The Morgan fingerprint density at radius 1 is 0.964 bits per heavy atom. The Morgan fingerprint density at radius 2 is 1.50 bits per heavy atom. The fourth-order valence-corrected chi connectivity index (χ4v) is 5.99. The van der Waals surface area contributed by atoms with Crippen molar-refractivity contribution in [2.75, 3.05) is 32.4 Å². The van der Waals surface area contributed by atoms with Gasteiger partial charge in [0.15, 0.2) is 0 Å². The Hall–Kier alpha value is -1.45. The van der Waals surface area contributed by atoms with E-state index in [2.05, 4.69) is 0 Å². The average Bonchev–Trinajstić information content (AvgIpc) is 2.67. The van der Waals surface area contributed by atoms with Crippen LogP contribution in [-0.2, 0) is 20.8 Å². The lowest BCUT2D eigenvalue weighted by Gasteiger charge is -2.34. The van der Waals surface area contributed by atoms with Crippen molar-refractivity contribution in [1.82, 2.24) is 9.21 Å². The summed E-state index contributed by atoms with van der Waals surface area (Å²) in [5.41, 5.74) is 0.472. The van der Waals surface area contributed by atoms with E-state index in [1.165, 1.54) is 16.4 Å². The molecule has 2 aromatic rings. The summed E-state index contributed by atoms with van der Waals surface area (Å²) in [6.45, 7) is 0.794. The number of piperazine rings is 1. The topological polar surface area (TPSA) is 74.8 Å². The van der Waals surface area contributed by atoms with Crippen LogP contribution in [0.25, 0.3) is 0 Å². The molecule has 0 radical (unpaired) electrons. The molecule has 1 unspecified atom stereocenters. The second kappa shape index (κ2) is 8.51. The van der Waals surface area contributed by atoms with Crippen molar-refractivity contribution < 1.29 is 17.4 Å². The van der Waals surface area contributed by atoms with Crippen molar-refractivity contribution in [3.63, 3.8) is 0 Å². The van der Waals surface area contributed by atoms with Crippen LogP contribution in [0.4, 0.5) is 0 Å². The van der Waals surface area contributed by atoms with Gasteiger partial charge in [-0.15, -0.1) is 0 Å². The second-order valence-corrected chi connectivity index (χ2v) is 10.3. The summed E-state index contributed by atoms with van der Waals surface area (Å²) in [5.74, 6) is -0.193. The third-order valence-corrected chi connectivity index (χ3v) is 8.27. The molecule has 10 heteroatoms. The van der Waals surface area contributed by atoms with Crippen molar-refractivity contribution in [2.24, 2.45) is 0 Å². The van der Waals surface area contributed by atoms with Crippen molar-refractivity contribution >= 4 is 49.9 Å². The SMILES string of the molecule is CS(=O)c1ccc(C(=O)N2CCN(S(=O)(=O)c3c(Cl)cccc3Cl)CC2)cc1. The highest BCUT2D eigenvalue weighted by atomic mass is 35.5. The molecule has 28 heavy (non-hydrogen) atoms. The van der Waals surface area contributed by atoms with Gasteiger partial charge in [-0.1, -0.05) is 29.3 Å². The van der Waals surface area contributed by atoms with Crippen molar-refractivity contribution in [2.45, 2.75) is 9.79 Å². The minimum Gasteiger partial charge on any atom is -0.336 e. The molecular weight excluding hydrogens is 443 g/mol. The average molecular weight is 461 g/mol. The highest BCUT2D eigenvalue weighted by Crippen LogP contribution is 2.32. The number of hydrogen-bond donors (Lipinski definition) is 0. The Labute approximate surface area is 176 Å². The molecule has 1 aliphatic rings. The Morgan fingerprint density at radius 3 is 2.00 bits per heavy atom. The minimum absolute atomic E-state index is 0.0689. The van der Waals surface area contributed by atoms with E-state index >= 15 is 0 Å². The number of amides is 1. The number of carbonyl (C=O) groups excluding carboxylic acids is 1. The molecule has 0 aliphatic carbocycles. The van der Waals surface area contributed by atoms with Gasteiger partial charge in [0.2, 0.25) is 10.0 Å². The first-order valence-electron chi connectivity index (χ1n) is 8.39. The lowest BCUT2D eigenvalue weighted by Crippen LogP contribution is -2.50. The summed E-state index contributed by atoms with van der Waals surface area (Å²) in [7, 11) is -4.97. The largest absolute Gasteiger partial charge is 0.336 e. The number of halogens is 2. The molecule has 2 aromatic carbocycles. The van der Waals surface area contributed by atoms with E-state index in [1.54, 1.807) is 41.5 Å². The molecule has 0 bridgehead atoms. The van der Waals surface area contributed by atoms with Gasteiger partial charge >= 0.3 is 0 Å². The normalized spacial score (nSPS) is 16.8. The maximum atomic E-state index is 12.9. The summed E-state index contributed by atoms with van der Waals surface area (Å²) >= 11 is 12.1. The van der Waals surface area contributed by atoms with Gasteiger partial charge in [-0.05, 0) is 36.4 Å². The number of rotatable bonds is 4.